The highest BCUT2D eigenvalue weighted by molar-refractivity contribution is 7.90. The van der Waals surface area contributed by atoms with E-state index < -0.39 is 33.7 Å². The Hall–Kier alpha value is -2.82. The second-order valence-electron chi connectivity index (χ2n) is 7.77. The van der Waals surface area contributed by atoms with Gasteiger partial charge in [0, 0.05) is 12.6 Å². The van der Waals surface area contributed by atoms with Crippen LogP contribution in [0.25, 0.3) is 0 Å². The average molecular weight is 443 g/mol. The summed E-state index contributed by atoms with van der Waals surface area (Å²) in [6.07, 6.45) is -0.311. The lowest BCUT2D eigenvalue weighted by atomic mass is 10.1. The van der Waals surface area contributed by atoms with E-state index in [1.54, 1.807) is 32.9 Å². The topological polar surface area (TPSA) is 160 Å². The average Bonchev–Trinajstić information content (AvgIpc) is 2.56. The van der Waals surface area contributed by atoms with Gasteiger partial charge in [-0.3, -0.25) is 9.79 Å². The molecule has 1 amide bonds. The summed E-state index contributed by atoms with van der Waals surface area (Å²) in [6, 6.07) is 5.61. The predicted octanol–water partition coefficient (Wildman–Crippen LogP) is 1.74. The standard InChI is InChI=1S/C19H30N4O6S/c1-13-7-9-15(10-8-13)30(27,28)23-17(20)21-11-5-6-14(12-16(24)25)22-18(26)29-19(2,3)4/h7-10,14H,5-6,11-12H2,1-4H3,(H,22,26)(H,24,25)(H3,20,21,23). The normalized spacial score (nSPS) is 13.4. The van der Waals surface area contributed by atoms with Crippen LogP contribution in [0.1, 0.15) is 45.6 Å². The van der Waals surface area contributed by atoms with Crippen LogP contribution in [0.4, 0.5) is 4.79 Å². The number of amides is 1. The van der Waals surface area contributed by atoms with Gasteiger partial charge in [0.25, 0.3) is 10.0 Å². The number of sulfonamides is 1. The smallest absolute Gasteiger partial charge is 0.407 e. The zero-order valence-corrected chi connectivity index (χ0v) is 18.5. The van der Waals surface area contributed by atoms with Crippen molar-refractivity contribution in [1.29, 1.82) is 0 Å². The number of aliphatic imine (C=N–C) groups is 1. The maximum atomic E-state index is 12.3. The molecular formula is C19H30N4O6S. The van der Waals surface area contributed by atoms with Crippen molar-refractivity contribution in [3.8, 4) is 0 Å². The fraction of sp³-hybridized carbons (Fsp3) is 0.526. The van der Waals surface area contributed by atoms with Crippen LogP contribution in [-0.4, -0.2) is 49.7 Å². The molecule has 5 N–H and O–H groups in total. The number of aliphatic carboxylic acids is 1. The monoisotopic (exact) mass is 442 g/mol. The first-order valence-electron chi connectivity index (χ1n) is 9.39. The van der Waals surface area contributed by atoms with Crippen LogP contribution in [0.15, 0.2) is 34.2 Å². The fourth-order valence-corrected chi connectivity index (χ4v) is 3.35. The highest BCUT2D eigenvalue weighted by Crippen LogP contribution is 2.10. The third kappa shape index (κ3) is 10.1. The molecule has 0 spiro atoms. The minimum atomic E-state index is -3.84. The SMILES string of the molecule is Cc1ccc(S(=O)(=O)NC(N)=NCCCC(CC(=O)O)NC(=O)OC(C)(C)C)cc1. The number of hydrogen-bond acceptors (Lipinski definition) is 6. The number of nitrogens with zero attached hydrogens (tertiary/aromatic N) is 1. The molecule has 0 aliphatic heterocycles. The van der Waals surface area contributed by atoms with E-state index in [0.29, 0.717) is 12.8 Å². The largest absolute Gasteiger partial charge is 0.481 e. The number of aryl methyl sites for hydroxylation is 1. The van der Waals surface area contributed by atoms with E-state index >= 15 is 0 Å². The van der Waals surface area contributed by atoms with Gasteiger partial charge in [-0.05, 0) is 52.7 Å². The molecule has 30 heavy (non-hydrogen) atoms. The van der Waals surface area contributed by atoms with E-state index in [0.717, 1.165) is 5.56 Å². The van der Waals surface area contributed by atoms with Crippen LogP contribution in [0.2, 0.25) is 0 Å². The summed E-state index contributed by atoms with van der Waals surface area (Å²) < 4.78 is 31.8. The first-order chi connectivity index (χ1) is 13.8. The number of carboxylic acid groups (broad SMARTS) is 1. The molecule has 0 fully saturated rings. The number of carbonyl (C=O) groups excluding carboxylic acids is 1. The van der Waals surface area contributed by atoms with Crippen molar-refractivity contribution in [3.63, 3.8) is 0 Å². The molecule has 0 saturated carbocycles. The molecule has 168 valence electrons. The Morgan fingerprint density at radius 2 is 1.83 bits per heavy atom. The molecule has 1 aromatic carbocycles. The van der Waals surface area contributed by atoms with E-state index in [9.17, 15) is 18.0 Å². The van der Waals surface area contributed by atoms with Crippen molar-refractivity contribution < 1.29 is 27.9 Å². The van der Waals surface area contributed by atoms with E-state index in [1.165, 1.54) is 12.1 Å². The number of rotatable bonds is 9. The molecule has 1 unspecified atom stereocenters. The van der Waals surface area contributed by atoms with Crippen molar-refractivity contribution in [2.75, 3.05) is 6.54 Å². The molecular weight excluding hydrogens is 412 g/mol. The van der Waals surface area contributed by atoms with Gasteiger partial charge in [0.05, 0.1) is 11.3 Å². The molecule has 1 atom stereocenters. The minimum absolute atomic E-state index is 0.0642. The number of carboxylic acids is 1. The molecule has 1 rings (SSSR count). The van der Waals surface area contributed by atoms with E-state index in [1.807, 2.05) is 6.92 Å². The summed E-state index contributed by atoms with van der Waals surface area (Å²) in [7, 11) is -3.84. The number of alkyl carbamates (subject to hydrolysis) is 1. The highest BCUT2D eigenvalue weighted by atomic mass is 32.2. The summed E-state index contributed by atoms with van der Waals surface area (Å²) in [5.74, 6) is -1.34. The lowest BCUT2D eigenvalue weighted by Crippen LogP contribution is -2.40. The van der Waals surface area contributed by atoms with Crippen LogP contribution in [0, 0.1) is 6.92 Å². The molecule has 11 heteroatoms. The van der Waals surface area contributed by atoms with Gasteiger partial charge in [0.15, 0.2) is 0 Å². The third-order valence-corrected chi connectivity index (χ3v) is 5.08. The predicted molar refractivity (Wildman–Crippen MR) is 113 cm³/mol. The Kier molecular flexibility index (Phi) is 9.09. The molecule has 0 aliphatic rings. The summed E-state index contributed by atoms with van der Waals surface area (Å²) in [5, 5.41) is 11.5. The summed E-state index contributed by atoms with van der Waals surface area (Å²) in [6.45, 7) is 7.10. The van der Waals surface area contributed by atoms with Gasteiger partial charge in [-0.1, -0.05) is 17.7 Å². The Balaban J connectivity index is 2.59. The molecule has 0 heterocycles. The van der Waals surface area contributed by atoms with E-state index in [4.69, 9.17) is 15.6 Å². The molecule has 0 bridgehead atoms. The van der Waals surface area contributed by atoms with Gasteiger partial charge < -0.3 is 20.9 Å². The zero-order valence-electron chi connectivity index (χ0n) is 17.6. The number of carbonyl (C=O) groups is 2. The van der Waals surface area contributed by atoms with Crippen LogP contribution in [0.3, 0.4) is 0 Å². The number of guanidine groups is 1. The van der Waals surface area contributed by atoms with Crippen molar-refractivity contribution in [2.24, 2.45) is 10.7 Å². The van der Waals surface area contributed by atoms with Gasteiger partial charge >= 0.3 is 12.1 Å². The van der Waals surface area contributed by atoms with Gasteiger partial charge in [0.2, 0.25) is 5.96 Å². The quantitative estimate of drug-likeness (QED) is 0.257. The molecule has 0 radical (unpaired) electrons. The van der Waals surface area contributed by atoms with E-state index in [-0.39, 0.29) is 23.8 Å². The fourth-order valence-electron chi connectivity index (χ4n) is 2.39. The summed E-state index contributed by atoms with van der Waals surface area (Å²) >= 11 is 0. The zero-order chi connectivity index (χ0) is 22.9. The number of hydrogen-bond donors (Lipinski definition) is 4. The number of nitrogens with one attached hydrogen (secondary N) is 2. The number of benzene rings is 1. The summed E-state index contributed by atoms with van der Waals surface area (Å²) in [4.78, 5) is 26.9. The Morgan fingerprint density at radius 3 is 2.37 bits per heavy atom. The highest BCUT2D eigenvalue weighted by Gasteiger charge is 2.21. The van der Waals surface area contributed by atoms with Gasteiger partial charge in [-0.15, -0.1) is 0 Å². The molecule has 1 aromatic rings. The molecule has 10 nitrogen and oxygen atoms in total. The minimum Gasteiger partial charge on any atom is -0.481 e. The van der Waals surface area contributed by atoms with Crippen LogP contribution in [-0.2, 0) is 19.6 Å². The lowest BCUT2D eigenvalue weighted by Gasteiger charge is -2.23. The second-order valence-corrected chi connectivity index (χ2v) is 9.45. The number of nitrogens with two attached hydrogens (primary N) is 1. The van der Waals surface area contributed by atoms with Crippen LogP contribution in [0.5, 0.6) is 0 Å². The maximum absolute atomic E-state index is 12.3. The first kappa shape index (κ1) is 25.2. The maximum Gasteiger partial charge on any atom is 0.407 e. The first-order valence-corrected chi connectivity index (χ1v) is 10.9. The van der Waals surface area contributed by atoms with Crippen molar-refractivity contribution in [1.82, 2.24) is 10.0 Å². The van der Waals surface area contributed by atoms with E-state index in [2.05, 4.69) is 15.0 Å². The lowest BCUT2D eigenvalue weighted by molar-refractivity contribution is -0.137. The Morgan fingerprint density at radius 1 is 1.23 bits per heavy atom. The van der Waals surface area contributed by atoms with Crippen LogP contribution < -0.4 is 15.8 Å². The van der Waals surface area contributed by atoms with Crippen molar-refractivity contribution in [3.05, 3.63) is 29.8 Å². The Bertz CT molecular complexity index is 860. The van der Waals surface area contributed by atoms with Crippen molar-refractivity contribution in [2.45, 2.75) is 63.5 Å². The molecule has 0 saturated heterocycles. The van der Waals surface area contributed by atoms with Crippen LogP contribution >= 0.6 is 0 Å². The Labute approximate surface area is 177 Å². The number of ether oxygens (including phenoxy) is 1. The molecule has 0 aromatic heterocycles. The second kappa shape index (κ2) is 10.8. The third-order valence-electron chi connectivity index (χ3n) is 3.70. The summed E-state index contributed by atoms with van der Waals surface area (Å²) in [5.41, 5.74) is 5.87. The van der Waals surface area contributed by atoms with Gasteiger partial charge in [-0.25, -0.2) is 17.9 Å². The van der Waals surface area contributed by atoms with Gasteiger partial charge in [-0.2, -0.15) is 0 Å². The van der Waals surface area contributed by atoms with Gasteiger partial charge in [0.1, 0.15) is 5.60 Å². The molecule has 0 aliphatic carbocycles. The van der Waals surface area contributed by atoms with Crippen molar-refractivity contribution >= 4 is 28.0 Å².